The topological polar surface area (TPSA) is 79.8 Å². The third-order valence-electron chi connectivity index (χ3n) is 3.09. The standard InChI is InChI=1S/C18H18FN3O3/c1-2-25-16-8-6-14(7-9-16)18(24)20-12-17(23)22-21-11-13-4-3-5-15(19)10-13/h3-11H,2,12H2,1H3,(H,20,24)(H,22,23)/b21-11-. The molecule has 0 aromatic heterocycles. The Morgan fingerprint density at radius 3 is 2.64 bits per heavy atom. The average Bonchev–Trinajstić information content (AvgIpc) is 2.61. The lowest BCUT2D eigenvalue weighted by Gasteiger charge is -2.06. The summed E-state index contributed by atoms with van der Waals surface area (Å²) in [6.45, 7) is 2.18. The summed E-state index contributed by atoms with van der Waals surface area (Å²) >= 11 is 0. The van der Waals surface area contributed by atoms with Crippen molar-refractivity contribution in [1.82, 2.24) is 10.7 Å². The zero-order valence-corrected chi connectivity index (χ0v) is 13.7. The zero-order chi connectivity index (χ0) is 18.1. The van der Waals surface area contributed by atoms with E-state index in [9.17, 15) is 14.0 Å². The number of carbonyl (C=O) groups excluding carboxylic acids is 2. The number of hydrogen-bond donors (Lipinski definition) is 2. The Morgan fingerprint density at radius 2 is 1.96 bits per heavy atom. The molecule has 0 aliphatic rings. The molecular formula is C18H18FN3O3. The summed E-state index contributed by atoms with van der Waals surface area (Å²) in [6, 6.07) is 12.4. The van der Waals surface area contributed by atoms with Crippen LogP contribution in [0.15, 0.2) is 53.6 Å². The summed E-state index contributed by atoms with van der Waals surface area (Å²) in [5.74, 6) is -0.597. The number of carbonyl (C=O) groups is 2. The van der Waals surface area contributed by atoms with Crippen LogP contribution in [-0.4, -0.2) is 31.2 Å². The van der Waals surface area contributed by atoms with Gasteiger partial charge in [-0.15, -0.1) is 0 Å². The quantitative estimate of drug-likeness (QED) is 0.597. The van der Waals surface area contributed by atoms with Crippen molar-refractivity contribution in [2.24, 2.45) is 5.10 Å². The molecule has 2 aromatic carbocycles. The predicted molar refractivity (Wildman–Crippen MR) is 92.1 cm³/mol. The minimum Gasteiger partial charge on any atom is -0.494 e. The molecule has 0 saturated carbocycles. The fraction of sp³-hybridized carbons (Fsp3) is 0.167. The third kappa shape index (κ3) is 6.06. The van der Waals surface area contributed by atoms with Crippen LogP contribution in [0.3, 0.4) is 0 Å². The molecule has 2 N–H and O–H groups in total. The Kier molecular flexibility index (Phi) is 6.65. The van der Waals surface area contributed by atoms with Crippen molar-refractivity contribution in [2.75, 3.05) is 13.2 Å². The van der Waals surface area contributed by atoms with E-state index in [1.54, 1.807) is 30.3 Å². The highest BCUT2D eigenvalue weighted by molar-refractivity contribution is 5.96. The Labute approximate surface area is 144 Å². The monoisotopic (exact) mass is 343 g/mol. The van der Waals surface area contributed by atoms with Gasteiger partial charge in [-0.3, -0.25) is 9.59 Å². The number of benzene rings is 2. The van der Waals surface area contributed by atoms with E-state index >= 15 is 0 Å². The Morgan fingerprint density at radius 1 is 1.20 bits per heavy atom. The van der Waals surface area contributed by atoms with Gasteiger partial charge in [0.05, 0.1) is 19.4 Å². The van der Waals surface area contributed by atoms with Gasteiger partial charge in [0, 0.05) is 5.56 Å². The van der Waals surface area contributed by atoms with Gasteiger partial charge in [0.2, 0.25) is 0 Å². The predicted octanol–water partition coefficient (Wildman–Crippen LogP) is 2.10. The number of nitrogens with zero attached hydrogens (tertiary/aromatic N) is 1. The lowest BCUT2D eigenvalue weighted by Crippen LogP contribution is -2.34. The smallest absolute Gasteiger partial charge is 0.259 e. The molecule has 0 saturated heterocycles. The first-order valence-electron chi connectivity index (χ1n) is 7.67. The van der Waals surface area contributed by atoms with Crippen LogP contribution in [-0.2, 0) is 4.79 Å². The molecule has 25 heavy (non-hydrogen) atoms. The number of nitrogens with one attached hydrogen (secondary N) is 2. The van der Waals surface area contributed by atoms with Gasteiger partial charge in [-0.25, -0.2) is 9.82 Å². The van der Waals surface area contributed by atoms with Crippen molar-refractivity contribution in [3.05, 3.63) is 65.5 Å². The minimum absolute atomic E-state index is 0.230. The number of rotatable bonds is 7. The molecule has 7 heteroatoms. The molecule has 130 valence electrons. The van der Waals surface area contributed by atoms with Gasteiger partial charge in [-0.1, -0.05) is 12.1 Å². The SMILES string of the molecule is CCOc1ccc(C(=O)NCC(=O)N/N=C\c2cccc(F)c2)cc1. The highest BCUT2D eigenvalue weighted by atomic mass is 19.1. The molecule has 0 aliphatic heterocycles. The van der Waals surface area contributed by atoms with E-state index in [1.807, 2.05) is 6.92 Å². The lowest BCUT2D eigenvalue weighted by molar-refractivity contribution is -0.120. The highest BCUT2D eigenvalue weighted by Crippen LogP contribution is 2.11. The Hall–Kier alpha value is -3.22. The molecule has 0 spiro atoms. The summed E-state index contributed by atoms with van der Waals surface area (Å²) in [4.78, 5) is 23.6. The summed E-state index contributed by atoms with van der Waals surface area (Å²) in [5.41, 5.74) is 3.19. The average molecular weight is 343 g/mol. The molecule has 0 unspecified atom stereocenters. The highest BCUT2D eigenvalue weighted by Gasteiger charge is 2.07. The summed E-state index contributed by atoms with van der Waals surface area (Å²) in [7, 11) is 0. The van der Waals surface area contributed by atoms with Gasteiger partial charge in [0.1, 0.15) is 11.6 Å². The molecule has 0 atom stereocenters. The van der Waals surface area contributed by atoms with E-state index in [4.69, 9.17) is 4.74 Å². The van der Waals surface area contributed by atoms with Crippen LogP contribution < -0.4 is 15.5 Å². The lowest BCUT2D eigenvalue weighted by atomic mass is 10.2. The van der Waals surface area contributed by atoms with Crippen LogP contribution >= 0.6 is 0 Å². The molecule has 0 fully saturated rings. The van der Waals surface area contributed by atoms with E-state index in [-0.39, 0.29) is 12.5 Å². The first kappa shape index (κ1) is 18.1. The molecule has 0 bridgehead atoms. The fourth-order valence-corrected chi connectivity index (χ4v) is 1.94. The molecule has 0 aliphatic carbocycles. The maximum absolute atomic E-state index is 13.0. The maximum atomic E-state index is 13.0. The molecule has 6 nitrogen and oxygen atoms in total. The molecule has 0 radical (unpaired) electrons. The number of amides is 2. The third-order valence-corrected chi connectivity index (χ3v) is 3.09. The van der Waals surface area contributed by atoms with Crippen molar-refractivity contribution >= 4 is 18.0 Å². The van der Waals surface area contributed by atoms with Crippen molar-refractivity contribution in [3.8, 4) is 5.75 Å². The Bertz CT molecular complexity index is 760. The second-order valence-corrected chi connectivity index (χ2v) is 4.99. The van der Waals surface area contributed by atoms with Crippen LogP contribution in [0.2, 0.25) is 0 Å². The largest absolute Gasteiger partial charge is 0.494 e. The summed E-state index contributed by atoms with van der Waals surface area (Å²) in [6.07, 6.45) is 1.31. The van der Waals surface area contributed by atoms with E-state index in [2.05, 4.69) is 15.8 Å². The van der Waals surface area contributed by atoms with E-state index in [0.717, 1.165) is 0 Å². The first-order chi connectivity index (χ1) is 12.1. The first-order valence-corrected chi connectivity index (χ1v) is 7.67. The normalized spacial score (nSPS) is 10.5. The molecule has 2 rings (SSSR count). The van der Waals surface area contributed by atoms with Crippen molar-refractivity contribution in [1.29, 1.82) is 0 Å². The zero-order valence-electron chi connectivity index (χ0n) is 13.7. The number of hydrazone groups is 1. The second kappa shape index (κ2) is 9.17. The van der Waals surface area contributed by atoms with Gasteiger partial charge in [0.15, 0.2) is 0 Å². The van der Waals surface area contributed by atoms with Crippen LogP contribution in [0.5, 0.6) is 5.75 Å². The van der Waals surface area contributed by atoms with Crippen LogP contribution in [0.25, 0.3) is 0 Å². The summed E-state index contributed by atoms with van der Waals surface area (Å²) in [5, 5.41) is 6.19. The van der Waals surface area contributed by atoms with E-state index in [0.29, 0.717) is 23.5 Å². The molecule has 2 amide bonds. The van der Waals surface area contributed by atoms with E-state index in [1.165, 1.54) is 24.4 Å². The van der Waals surface area contributed by atoms with Crippen LogP contribution in [0, 0.1) is 5.82 Å². The summed E-state index contributed by atoms with van der Waals surface area (Å²) < 4.78 is 18.3. The van der Waals surface area contributed by atoms with Crippen molar-refractivity contribution < 1.29 is 18.7 Å². The van der Waals surface area contributed by atoms with Crippen molar-refractivity contribution in [3.63, 3.8) is 0 Å². The number of halogens is 1. The van der Waals surface area contributed by atoms with Crippen LogP contribution in [0.4, 0.5) is 4.39 Å². The number of ether oxygens (including phenoxy) is 1. The molecule has 0 heterocycles. The molecular weight excluding hydrogens is 325 g/mol. The maximum Gasteiger partial charge on any atom is 0.259 e. The van der Waals surface area contributed by atoms with E-state index < -0.39 is 11.7 Å². The van der Waals surface area contributed by atoms with Gasteiger partial charge in [-0.2, -0.15) is 5.10 Å². The minimum atomic E-state index is -0.494. The second-order valence-electron chi connectivity index (χ2n) is 4.99. The van der Waals surface area contributed by atoms with Crippen molar-refractivity contribution in [2.45, 2.75) is 6.92 Å². The van der Waals surface area contributed by atoms with Gasteiger partial charge < -0.3 is 10.1 Å². The van der Waals surface area contributed by atoms with Gasteiger partial charge >= 0.3 is 0 Å². The van der Waals surface area contributed by atoms with Gasteiger partial charge in [-0.05, 0) is 48.9 Å². The Balaban J connectivity index is 1.78. The van der Waals surface area contributed by atoms with Gasteiger partial charge in [0.25, 0.3) is 11.8 Å². The molecule has 2 aromatic rings. The fourth-order valence-electron chi connectivity index (χ4n) is 1.94. The number of hydrogen-bond acceptors (Lipinski definition) is 4. The van der Waals surface area contributed by atoms with Crippen LogP contribution in [0.1, 0.15) is 22.8 Å².